The Balaban J connectivity index is 2.40. The molecule has 1 aliphatic rings. The Morgan fingerprint density at radius 1 is 1.50 bits per heavy atom. The lowest BCUT2D eigenvalue weighted by Gasteiger charge is -2.06. The molecule has 0 radical (unpaired) electrons. The van der Waals surface area contributed by atoms with E-state index < -0.39 is 0 Å². The van der Waals surface area contributed by atoms with Crippen LogP contribution in [0.15, 0.2) is 23.1 Å². The van der Waals surface area contributed by atoms with Crippen LogP contribution in [0.3, 0.4) is 0 Å². The molecule has 1 N–H and O–H groups in total. The molecule has 1 heterocycles. The first kappa shape index (κ1) is 8.14. The summed E-state index contributed by atoms with van der Waals surface area (Å²) in [7, 11) is 0. The molecule has 12 heavy (non-hydrogen) atoms. The van der Waals surface area contributed by atoms with Crippen molar-refractivity contribution in [2.24, 2.45) is 0 Å². The smallest absolute Gasteiger partial charge is 0.0433 e. The molecule has 2 heteroatoms. The summed E-state index contributed by atoms with van der Waals surface area (Å²) in [6.45, 7) is 4.35. The quantitative estimate of drug-likeness (QED) is 0.665. The molecule has 1 aliphatic heterocycles. The molecule has 0 bridgehead atoms. The number of nitrogens with one attached hydrogen (secondary N) is 1. The molecule has 0 saturated heterocycles. The van der Waals surface area contributed by atoms with Crippen LogP contribution in [-0.4, -0.2) is 0 Å². The Morgan fingerprint density at radius 3 is 3.08 bits per heavy atom. The third-order valence-corrected chi connectivity index (χ3v) is 3.24. The van der Waals surface area contributed by atoms with Gasteiger partial charge in [-0.3, -0.25) is 4.72 Å². The van der Waals surface area contributed by atoms with E-state index in [0.29, 0.717) is 6.04 Å². The number of benzene rings is 1. The molecule has 2 rings (SSSR count). The van der Waals surface area contributed by atoms with Crippen molar-refractivity contribution in [2.45, 2.75) is 31.2 Å². The van der Waals surface area contributed by atoms with Crippen molar-refractivity contribution in [3.05, 3.63) is 29.3 Å². The van der Waals surface area contributed by atoms with E-state index in [4.69, 9.17) is 0 Å². The first-order chi connectivity index (χ1) is 5.81. The first-order valence-corrected chi connectivity index (χ1v) is 5.16. The summed E-state index contributed by atoms with van der Waals surface area (Å²) >= 11 is 1.76. The average Bonchev–Trinajstić information content (AvgIpc) is 2.46. The van der Waals surface area contributed by atoms with E-state index in [1.807, 2.05) is 0 Å². The van der Waals surface area contributed by atoms with Crippen LogP contribution < -0.4 is 4.72 Å². The van der Waals surface area contributed by atoms with E-state index in [1.54, 1.807) is 11.9 Å². The van der Waals surface area contributed by atoms with Gasteiger partial charge in [0, 0.05) is 10.9 Å². The molecule has 1 atom stereocenters. The standard InChI is InChI=1S/C10H13NS/c1-3-9-8-5-4-7(2)6-10(8)12-11-9/h4-6,9,11H,3H2,1-2H3. The van der Waals surface area contributed by atoms with Gasteiger partial charge in [0.1, 0.15) is 0 Å². The minimum atomic E-state index is 0.561. The highest BCUT2D eigenvalue weighted by atomic mass is 32.2. The zero-order valence-corrected chi connectivity index (χ0v) is 8.24. The summed E-state index contributed by atoms with van der Waals surface area (Å²) in [5.41, 5.74) is 2.81. The van der Waals surface area contributed by atoms with Crippen molar-refractivity contribution in [1.82, 2.24) is 4.72 Å². The van der Waals surface area contributed by atoms with Crippen LogP contribution in [0, 0.1) is 6.92 Å². The molecule has 1 unspecified atom stereocenters. The molecule has 0 fully saturated rings. The highest BCUT2D eigenvalue weighted by Crippen LogP contribution is 2.36. The minimum Gasteiger partial charge on any atom is -0.252 e. The Labute approximate surface area is 77.7 Å². The van der Waals surface area contributed by atoms with Gasteiger partial charge in [0.05, 0.1) is 0 Å². The van der Waals surface area contributed by atoms with E-state index >= 15 is 0 Å². The highest BCUT2D eigenvalue weighted by molar-refractivity contribution is 7.97. The number of hydrogen-bond acceptors (Lipinski definition) is 2. The molecular formula is C10H13NS. The summed E-state index contributed by atoms with van der Waals surface area (Å²) in [5.74, 6) is 0. The van der Waals surface area contributed by atoms with Crippen molar-refractivity contribution in [3.8, 4) is 0 Å². The van der Waals surface area contributed by atoms with Gasteiger partial charge in [0.15, 0.2) is 0 Å². The number of rotatable bonds is 1. The number of hydrogen-bond donors (Lipinski definition) is 1. The molecule has 64 valence electrons. The Kier molecular flexibility index (Phi) is 2.11. The van der Waals surface area contributed by atoms with Crippen molar-refractivity contribution in [3.63, 3.8) is 0 Å². The van der Waals surface area contributed by atoms with Crippen LogP contribution in [0.2, 0.25) is 0 Å². The lowest BCUT2D eigenvalue weighted by Crippen LogP contribution is -2.05. The van der Waals surface area contributed by atoms with Gasteiger partial charge in [0.25, 0.3) is 0 Å². The van der Waals surface area contributed by atoms with E-state index in [0.717, 1.165) is 0 Å². The van der Waals surface area contributed by atoms with Crippen LogP contribution in [-0.2, 0) is 0 Å². The topological polar surface area (TPSA) is 12.0 Å². The summed E-state index contributed by atoms with van der Waals surface area (Å²) in [6.07, 6.45) is 1.17. The number of aryl methyl sites for hydroxylation is 1. The van der Waals surface area contributed by atoms with Crippen LogP contribution in [0.4, 0.5) is 0 Å². The third-order valence-electron chi connectivity index (χ3n) is 2.26. The van der Waals surface area contributed by atoms with Crippen molar-refractivity contribution in [2.75, 3.05) is 0 Å². The monoisotopic (exact) mass is 179 g/mol. The Morgan fingerprint density at radius 2 is 2.33 bits per heavy atom. The molecule has 1 nitrogen and oxygen atoms in total. The van der Waals surface area contributed by atoms with Gasteiger partial charge in [0.2, 0.25) is 0 Å². The normalized spacial score (nSPS) is 21.0. The van der Waals surface area contributed by atoms with E-state index in [-0.39, 0.29) is 0 Å². The Bertz CT molecular complexity index is 296. The maximum absolute atomic E-state index is 3.42. The highest BCUT2D eigenvalue weighted by Gasteiger charge is 2.20. The molecule has 0 aliphatic carbocycles. The maximum Gasteiger partial charge on any atom is 0.0433 e. The third kappa shape index (κ3) is 1.25. The predicted octanol–water partition coefficient (Wildman–Crippen LogP) is 3.06. The van der Waals surface area contributed by atoms with Crippen molar-refractivity contribution < 1.29 is 0 Å². The van der Waals surface area contributed by atoms with E-state index in [1.165, 1.54) is 22.4 Å². The lowest BCUT2D eigenvalue weighted by atomic mass is 10.0. The first-order valence-electron chi connectivity index (χ1n) is 4.34. The van der Waals surface area contributed by atoms with Gasteiger partial charge >= 0.3 is 0 Å². The van der Waals surface area contributed by atoms with Crippen LogP contribution >= 0.6 is 11.9 Å². The second kappa shape index (κ2) is 3.11. The van der Waals surface area contributed by atoms with Crippen molar-refractivity contribution in [1.29, 1.82) is 0 Å². The summed E-state index contributed by atoms with van der Waals surface area (Å²) < 4.78 is 3.42. The SMILES string of the molecule is CCC1NSc2cc(C)ccc21. The second-order valence-electron chi connectivity index (χ2n) is 3.22. The van der Waals surface area contributed by atoms with Gasteiger partial charge in [-0.1, -0.05) is 19.1 Å². The molecule has 1 aromatic carbocycles. The van der Waals surface area contributed by atoms with E-state index in [9.17, 15) is 0 Å². The maximum atomic E-state index is 3.42. The van der Waals surface area contributed by atoms with Gasteiger partial charge in [-0.15, -0.1) is 0 Å². The van der Waals surface area contributed by atoms with E-state index in [2.05, 4.69) is 36.8 Å². The fraction of sp³-hybridized carbons (Fsp3) is 0.400. The second-order valence-corrected chi connectivity index (χ2v) is 4.10. The van der Waals surface area contributed by atoms with Crippen LogP contribution in [0.1, 0.15) is 30.5 Å². The summed E-state index contributed by atoms with van der Waals surface area (Å²) in [6, 6.07) is 7.24. The summed E-state index contributed by atoms with van der Waals surface area (Å²) in [5, 5.41) is 0. The minimum absolute atomic E-state index is 0.561. The molecule has 0 spiro atoms. The fourth-order valence-electron chi connectivity index (χ4n) is 1.52. The van der Waals surface area contributed by atoms with Gasteiger partial charge in [-0.25, -0.2) is 0 Å². The largest absolute Gasteiger partial charge is 0.252 e. The van der Waals surface area contributed by atoms with Gasteiger partial charge < -0.3 is 0 Å². The summed E-state index contributed by atoms with van der Waals surface area (Å²) in [4.78, 5) is 1.40. The molecule has 1 aromatic rings. The van der Waals surface area contributed by atoms with Gasteiger partial charge in [-0.2, -0.15) is 0 Å². The molecule has 0 amide bonds. The van der Waals surface area contributed by atoms with Crippen LogP contribution in [0.5, 0.6) is 0 Å². The lowest BCUT2D eigenvalue weighted by molar-refractivity contribution is 0.660. The fourth-order valence-corrected chi connectivity index (χ4v) is 2.66. The molecule has 0 aromatic heterocycles. The average molecular weight is 179 g/mol. The van der Waals surface area contributed by atoms with Gasteiger partial charge in [-0.05, 0) is 42.5 Å². The Hall–Kier alpha value is -0.470. The van der Waals surface area contributed by atoms with Crippen LogP contribution in [0.25, 0.3) is 0 Å². The predicted molar refractivity (Wildman–Crippen MR) is 53.2 cm³/mol. The molecule has 0 saturated carbocycles. The molecular weight excluding hydrogens is 166 g/mol. The van der Waals surface area contributed by atoms with Crippen molar-refractivity contribution >= 4 is 11.9 Å². The zero-order chi connectivity index (χ0) is 8.55. The zero-order valence-electron chi connectivity index (χ0n) is 7.42. The number of fused-ring (bicyclic) bond motifs is 1.